The minimum atomic E-state index is -0.738. The number of benzene rings is 1. The lowest BCUT2D eigenvalue weighted by molar-refractivity contribution is -0.130. The maximum atomic E-state index is 13.8. The van der Waals surface area contributed by atoms with E-state index in [9.17, 15) is 14.0 Å². The van der Waals surface area contributed by atoms with Crippen LogP contribution in [0.5, 0.6) is 0 Å². The van der Waals surface area contributed by atoms with Crippen molar-refractivity contribution >= 4 is 23.2 Å². The number of rotatable bonds is 4. The lowest BCUT2D eigenvalue weighted by atomic mass is 10.1. The normalized spacial score (nSPS) is 14.8. The highest BCUT2D eigenvalue weighted by Gasteiger charge is 2.17. The molecule has 1 aliphatic heterocycles. The molecule has 0 atom stereocenters. The van der Waals surface area contributed by atoms with E-state index in [4.69, 9.17) is 11.5 Å². The van der Waals surface area contributed by atoms with Crippen molar-refractivity contribution in [3.63, 3.8) is 0 Å². The van der Waals surface area contributed by atoms with Gasteiger partial charge in [0.1, 0.15) is 5.82 Å². The number of primary amides is 1. The zero-order chi connectivity index (χ0) is 15.4. The molecule has 2 rings (SSSR count). The predicted molar refractivity (Wildman–Crippen MR) is 78.3 cm³/mol. The predicted octanol–water partition coefficient (Wildman–Crippen LogP) is 0.931. The van der Waals surface area contributed by atoms with Crippen LogP contribution in [0.25, 0.3) is 0 Å². The van der Waals surface area contributed by atoms with E-state index in [1.807, 2.05) is 0 Å². The molecule has 0 aliphatic carbocycles. The first-order valence-electron chi connectivity index (χ1n) is 6.89. The Bertz CT molecular complexity index is 556. The van der Waals surface area contributed by atoms with E-state index < -0.39 is 11.7 Å². The van der Waals surface area contributed by atoms with Gasteiger partial charge in [0.2, 0.25) is 5.91 Å². The van der Waals surface area contributed by atoms with Gasteiger partial charge in [-0.15, -0.1) is 0 Å². The van der Waals surface area contributed by atoms with Gasteiger partial charge in [0, 0.05) is 18.8 Å². The van der Waals surface area contributed by atoms with E-state index in [0.29, 0.717) is 0 Å². The zero-order valence-electron chi connectivity index (χ0n) is 11.7. The van der Waals surface area contributed by atoms with Crippen LogP contribution in [-0.4, -0.2) is 36.3 Å². The van der Waals surface area contributed by atoms with Gasteiger partial charge in [-0.05, 0) is 31.4 Å². The molecule has 0 aromatic heterocycles. The van der Waals surface area contributed by atoms with Gasteiger partial charge in [-0.25, -0.2) is 4.39 Å². The highest BCUT2D eigenvalue weighted by atomic mass is 19.1. The Morgan fingerprint density at radius 2 is 1.90 bits per heavy atom. The van der Waals surface area contributed by atoms with Crippen molar-refractivity contribution < 1.29 is 14.0 Å². The van der Waals surface area contributed by atoms with Gasteiger partial charge in [0.25, 0.3) is 5.91 Å². The standard InChI is InChI=1S/C14H19FN4O2/c15-10-7-11(16)9(14(17)21)6-12(10)18-8-13(20)19-4-2-1-3-5-19/h6-7,18H,1-5,8,16H2,(H2,17,21). The Hall–Kier alpha value is -2.31. The fraction of sp³-hybridized carbons (Fsp3) is 0.429. The fourth-order valence-electron chi connectivity index (χ4n) is 2.36. The molecule has 7 heteroatoms. The summed E-state index contributed by atoms with van der Waals surface area (Å²) in [6, 6.07) is 2.25. The first-order valence-corrected chi connectivity index (χ1v) is 6.89. The number of carbonyl (C=O) groups excluding carboxylic acids is 2. The summed E-state index contributed by atoms with van der Waals surface area (Å²) in [7, 11) is 0. The van der Waals surface area contributed by atoms with Gasteiger partial charge in [0.15, 0.2) is 0 Å². The van der Waals surface area contributed by atoms with Gasteiger partial charge in [0.05, 0.1) is 17.8 Å². The van der Waals surface area contributed by atoms with Crippen LogP contribution in [0.15, 0.2) is 12.1 Å². The van der Waals surface area contributed by atoms with Crippen LogP contribution in [0, 0.1) is 5.82 Å². The van der Waals surface area contributed by atoms with Crippen molar-refractivity contribution in [2.75, 3.05) is 30.7 Å². The van der Waals surface area contributed by atoms with Crippen LogP contribution in [0.4, 0.5) is 15.8 Å². The maximum Gasteiger partial charge on any atom is 0.250 e. The minimum absolute atomic E-state index is 0.0205. The molecule has 1 aromatic carbocycles. The number of nitrogen functional groups attached to an aromatic ring is 1. The molecule has 0 radical (unpaired) electrons. The largest absolute Gasteiger partial charge is 0.398 e. The Kier molecular flexibility index (Phi) is 4.62. The first kappa shape index (κ1) is 15.1. The number of nitrogens with zero attached hydrogens (tertiary/aromatic N) is 1. The highest BCUT2D eigenvalue weighted by Crippen LogP contribution is 2.22. The van der Waals surface area contributed by atoms with E-state index in [1.54, 1.807) is 4.90 Å². The second kappa shape index (κ2) is 6.43. The third-order valence-corrected chi connectivity index (χ3v) is 3.54. The average molecular weight is 294 g/mol. The molecule has 0 bridgehead atoms. The summed E-state index contributed by atoms with van der Waals surface area (Å²) in [5.41, 5.74) is 10.7. The molecule has 21 heavy (non-hydrogen) atoms. The second-order valence-electron chi connectivity index (χ2n) is 5.08. The summed E-state index contributed by atoms with van der Waals surface area (Å²) in [6.45, 7) is 1.44. The van der Waals surface area contributed by atoms with Crippen molar-refractivity contribution in [1.29, 1.82) is 0 Å². The maximum absolute atomic E-state index is 13.8. The number of anilines is 2. The summed E-state index contributed by atoms with van der Waals surface area (Å²) in [5.74, 6) is -1.45. The zero-order valence-corrected chi connectivity index (χ0v) is 11.7. The summed E-state index contributed by atoms with van der Waals surface area (Å²) < 4.78 is 13.8. The molecule has 0 spiro atoms. The van der Waals surface area contributed by atoms with Crippen molar-refractivity contribution in [3.8, 4) is 0 Å². The van der Waals surface area contributed by atoms with E-state index in [-0.39, 0.29) is 29.4 Å². The molecule has 0 unspecified atom stereocenters. The second-order valence-corrected chi connectivity index (χ2v) is 5.08. The van der Waals surface area contributed by atoms with Crippen LogP contribution in [0.3, 0.4) is 0 Å². The molecule has 2 amide bonds. The number of hydrogen-bond acceptors (Lipinski definition) is 4. The van der Waals surface area contributed by atoms with Crippen molar-refractivity contribution in [2.45, 2.75) is 19.3 Å². The monoisotopic (exact) mass is 294 g/mol. The number of piperidine rings is 1. The fourth-order valence-corrected chi connectivity index (χ4v) is 2.36. The molecular weight excluding hydrogens is 275 g/mol. The highest BCUT2D eigenvalue weighted by molar-refractivity contribution is 5.99. The SMILES string of the molecule is NC(=O)c1cc(NCC(=O)N2CCCCC2)c(F)cc1N. The van der Waals surface area contributed by atoms with Crippen LogP contribution in [0.2, 0.25) is 0 Å². The summed E-state index contributed by atoms with van der Waals surface area (Å²) in [5, 5.41) is 2.70. The van der Waals surface area contributed by atoms with Crippen LogP contribution in [0.1, 0.15) is 29.6 Å². The number of amides is 2. The first-order chi connectivity index (χ1) is 9.99. The smallest absolute Gasteiger partial charge is 0.250 e. The molecule has 6 nitrogen and oxygen atoms in total. The number of likely N-dealkylation sites (tertiary alicyclic amines) is 1. The molecular formula is C14H19FN4O2. The Labute approximate surface area is 122 Å². The van der Waals surface area contributed by atoms with Crippen LogP contribution < -0.4 is 16.8 Å². The third-order valence-electron chi connectivity index (χ3n) is 3.54. The number of hydrogen-bond donors (Lipinski definition) is 3. The number of nitrogens with two attached hydrogens (primary N) is 2. The van der Waals surface area contributed by atoms with E-state index in [1.165, 1.54) is 6.07 Å². The molecule has 1 aliphatic rings. The number of nitrogens with one attached hydrogen (secondary N) is 1. The molecule has 5 N–H and O–H groups in total. The van der Waals surface area contributed by atoms with Gasteiger partial charge in [-0.1, -0.05) is 0 Å². The van der Waals surface area contributed by atoms with Gasteiger partial charge in [-0.2, -0.15) is 0 Å². The van der Waals surface area contributed by atoms with Gasteiger partial charge >= 0.3 is 0 Å². The lowest BCUT2D eigenvalue weighted by Gasteiger charge is -2.27. The quantitative estimate of drug-likeness (QED) is 0.719. The Morgan fingerprint density at radius 3 is 2.52 bits per heavy atom. The molecule has 1 saturated heterocycles. The summed E-state index contributed by atoms with van der Waals surface area (Å²) >= 11 is 0. The third kappa shape index (κ3) is 3.62. The van der Waals surface area contributed by atoms with Crippen LogP contribution in [-0.2, 0) is 4.79 Å². The van der Waals surface area contributed by atoms with E-state index in [0.717, 1.165) is 38.4 Å². The van der Waals surface area contributed by atoms with Gasteiger partial charge in [-0.3, -0.25) is 9.59 Å². The molecule has 1 aromatic rings. The number of carbonyl (C=O) groups is 2. The molecule has 1 fully saturated rings. The van der Waals surface area contributed by atoms with Crippen LogP contribution >= 0.6 is 0 Å². The van der Waals surface area contributed by atoms with Crippen molar-refractivity contribution in [2.24, 2.45) is 5.73 Å². The average Bonchev–Trinajstić information content (AvgIpc) is 2.46. The number of halogens is 1. The van der Waals surface area contributed by atoms with Crippen molar-refractivity contribution in [3.05, 3.63) is 23.5 Å². The topological polar surface area (TPSA) is 101 Å². The molecule has 0 saturated carbocycles. The molecule has 1 heterocycles. The summed E-state index contributed by atoms with van der Waals surface area (Å²) in [6.07, 6.45) is 3.12. The lowest BCUT2D eigenvalue weighted by Crippen LogP contribution is -2.39. The van der Waals surface area contributed by atoms with E-state index >= 15 is 0 Å². The van der Waals surface area contributed by atoms with Crippen molar-refractivity contribution in [1.82, 2.24) is 4.90 Å². The molecule has 114 valence electrons. The summed E-state index contributed by atoms with van der Waals surface area (Å²) in [4.78, 5) is 24.9. The van der Waals surface area contributed by atoms with E-state index in [2.05, 4.69) is 5.32 Å². The van der Waals surface area contributed by atoms with Gasteiger partial charge < -0.3 is 21.7 Å². The Morgan fingerprint density at radius 1 is 1.24 bits per heavy atom. The Balaban J connectivity index is 2.04. The minimum Gasteiger partial charge on any atom is -0.398 e.